The maximum Gasteiger partial charge on any atom is 0.115 e. The number of phenolic OH excluding ortho intramolecular Hbond substituents is 3. The molecule has 3 aromatic rings. The molecule has 0 bridgehead atoms. The summed E-state index contributed by atoms with van der Waals surface area (Å²) in [7, 11) is 0. The quantitative estimate of drug-likeness (QED) is 0.431. The summed E-state index contributed by atoms with van der Waals surface area (Å²) in [5.41, 5.74) is 4.26. The van der Waals surface area contributed by atoms with Gasteiger partial charge in [-0.2, -0.15) is 0 Å². The lowest BCUT2D eigenvalue weighted by molar-refractivity contribution is 0.383. The third kappa shape index (κ3) is 4.18. The Morgan fingerprint density at radius 2 is 0.867 bits per heavy atom. The Kier molecular flexibility index (Phi) is 5.48. The van der Waals surface area contributed by atoms with Crippen molar-refractivity contribution in [1.82, 2.24) is 0 Å². The highest BCUT2D eigenvalue weighted by atomic mass is 16.3. The number of hydrogen-bond acceptors (Lipinski definition) is 4. The molecular formula is C26H24O4. The molecule has 0 aliphatic heterocycles. The summed E-state index contributed by atoms with van der Waals surface area (Å²) < 4.78 is 0. The molecule has 0 aromatic heterocycles. The number of aliphatic hydroxyl groups excluding tert-OH is 1. The fourth-order valence-corrected chi connectivity index (χ4v) is 4.14. The van der Waals surface area contributed by atoms with Gasteiger partial charge in [0.15, 0.2) is 0 Å². The molecule has 0 saturated heterocycles. The van der Waals surface area contributed by atoms with Crippen LogP contribution in [0.5, 0.6) is 17.2 Å². The Hall–Kier alpha value is -3.66. The van der Waals surface area contributed by atoms with E-state index in [0.717, 1.165) is 23.1 Å². The van der Waals surface area contributed by atoms with Gasteiger partial charge in [-0.25, -0.2) is 0 Å². The average Bonchev–Trinajstić information content (AvgIpc) is 2.75. The van der Waals surface area contributed by atoms with Crippen molar-refractivity contribution in [2.75, 3.05) is 0 Å². The van der Waals surface area contributed by atoms with Crippen LogP contribution in [-0.4, -0.2) is 20.4 Å². The lowest BCUT2D eigenvalue weighted by Crippen LogP contribution is -2.17. The second kappa shape index (κ2) is 8.37. The van der Waals surface area contributed by atoms with Gasteiger partial charge in [-0.3, -0.25) is 0 Å². The second-order valence-electron chi connectivity index (χ2n) is 7.63. The average molecular weight is 400 g/mol. The molecule has 0 heterocycles. The molecule has 1 unspecified atom stereocenters. The van der Waals surface area contributed by atoms with Gasteiger partial charge in [0, 0.05) is 18.3 Å². The molecule has 4 N–H and O–H groups in total. The highest BCUT2D eigenvalue weighted by molar-refractivity contribution is 5.47. The second-order valence-corrected chi connectivity index (χ2v) is 7.63. The fourth-order valence-electron chi connectivity index (χ4n) is 4.14. The third-order valence-electron chi connectivity index (χ3n) is 5.65. The van der Waals surface area contributed by atoms with Gasteiger partial charge in [-0.1, -0.05) is 48.0 Å². The normalized spacial score (nSPS) is 14.8. The lowest BCUT2D eigenvalue weighted by atomic mass is 9.71. The van der Waals surface area contributed by atoms with Crippen molar-refractivity contribution >= 4 is 0 Å². The molecule has 0 saturated carbocycles. The van der Waals surface area contributed by atoms with E-state index in [1.54, 1.807) is 42.5 Å². The molecule has 1 atom stereocenters. The number of aliphatic hydroxyl groups is 1. The molecule has 0 spiro atoms. The van der Waals surface area contributed by atoms with Crippen LogP contribution in [0.25, 0.3) is 0 Å². The van der Waals surface area contributed by atoms with Crippen molar-refractivity contribution in [2.45, 2.75) is 24.7 Å². The Labute approximate surface area is 175 Å². The van der Waals surface area contributed by atoms with Gasteiger partial charge < -0.3 is 20.4 Å². The van der Waals surface area contributed by atoms with Crippen molar-refractivity contribution in [1.29, 1.82) is 0 Å². The maximum absolute atomic E-state index is 9.88. The lowest BCUT2D eigenvalue weighted by Gasteiger charge is -2.32. The van der Waals surface area contributed by atoms with E-state index < -0.39 is 0 Å². The number of benzene rings is 3. The summed E-state index contributed by atoms with van der Waals surface area (Å²) in [6.07, 6.45) is 5.03. The molecule has 0 fully saturated rings. The molecule has 152 valence electrons. The van der Waals surface area contributed by atoms with E-state index in [0.29, 0.717) is 12.2 Å². The molecule has 4 rings (SSSR count). The zero-order chi connectivity index (χ0) is 21.1. The molecule has 1 aliphatic rings. The smallest absolute Gasteiger partial charge is 0.115 e. The van der Waals surface area contributed by atoms with Crippen molar-refractivity contribution < 1.29 is 20.4 Å². The SMILES string of the molecule is OC1=CC=C(C(c2ccc(O)cc2)C(c2ccc(O)cc2)c2ccc(O)cc2)CC1. The molecule has 1 aliphatic carbocycles. The molecule has 30 heavy (non-hydrogen) atoms. The standard InChI is InChI=1S/C26H24O4/c27-21-9-1-17(2-10-21)25(18-3-11-22(28)12-4-18)26(19-5-13-23(29)14-6-19)20-7-15-24(30)16-8-20/h1-7,9-15,25-30H,8,16H2. The number of aromatic hydroxyl groups is 3. The third-order valence-corrected chi connectivity index (χ3v) is 5.65. The van der Waals surface area contributed by atoms with Crippen LogP contribution in [-0.2, 0) is 0 Å². The minimum absolute atomic E-state index is 0.0518. The predicted molar refractivity (Wildman–Crippen MR) is 117 cm³/mol. The van der Waals surface area contributed by atoms with E-state index in [4.69, 9.17) is 0 Å². The number of hydrogen-bond donors (Lipinski definition) is 4. The zero-order valence-corrected chi connectivity index (χ0v) is 16.4. The van der Waals surface area contributed by atoms with Crippen molar-refractivity contribution in [3.8, 4) is 17.2 Å². The van der Waals surface area contributed by atoms with Gasteiger partial charge in [0.25, 0.3) is 0 Å². The van der Waals surface area contributed by atoms with Crippen LogP contribution in [0.2, 0.25) is 0 Å². The Morgan fingerprint density at radius 1 is 0.467 bits per heavy atom. The van der Waals surface area contributed by atoms with E-state index in [-0.39, 0.29) is 29.1 Å². The molecule has 0 amide bonds. The van der Waals surface area contributed by atoms with Crippen LogP contribution < -0.4 is 0 Å². The Morgan fingerprint density at radius 3 is 1.23 bits per heavy atom. The maximum atomic E-state index is 9.88. The van der Waals surface area contributed by atoms with E-state index in [1.807, 2.05) is 42.5 Å². The van der Waals surface area contributed by atoms with Gasteiger partial charge in [-0.15, -0.1) is 0 Å². The monoisotopic (exact) mass is 400 g/mol. The van der Waals surface area contributed by atoms with Gasteiger partial charge in [-0.05, 0) is 65.6 Å². The van der Waals surface area contributed by atoms with Crippen molar-refractivity contribution in [2.24, 2.45) is 0 Å². The molecule has 3 aromatic carbocycles. The molecular weight excluding hydrogens is 376 g/mol. The predicted octanol–water partition coefficient (Wildman–Crippen LogP) is 5.88. The number of phenols is 3. The Balaban J connectivity index is 1.90. The van der Waals surface area contributed by atoms with Crippen LogP contribution in [0, 0.1) is 0 Å². The van der Waals surface area contributed by atoms with E-state index in [1.165, 1.54) is 5.57 Å². The summed E-state index contributed by atoms with van der Waals surface area (Å²) in [6, 6.07) is 21.6. The van der Waals surface area contributed by atoms with Crippen LogP contribution in [0.3, 0.4) is 0 Å². The first-order chi connectivity index (χ1) is 14.5. The highest BCUT2D eigenvalue weighted by Gasteiger charge is 2.30. The van der Waals surface area contributed by atoms with Crippen molar-refractivity contribution in [3.05, 3.63) is 113 Å². The van der Waals surface area contributed by atoms with Crippen LogP contribution >= 0.6 is 0 Å². The Bertz CT molecular complexity index is 1020. The summed E-state index contributed by atoms with van der Waals surface area (Å²) in [5.74, 6) is 0.843. The largest absolute Gasteiger partial charge is 0.512 e. The minimum Gasteiger partial charge on any atom is -0.512 e. The van der Waals surface area contributed by atoms with Crippen molar-refractivity contribution in [3.63, 3.8) is 0 Å². The van der Waals surface area contributed by atoms with Crippen LogP contribution in [0.15, 0.2) is 96.3 Å². The van der Waals surface area contributed by atoms with Crippen LogP contribution in [0.4, 0.5) is 0 Å². The summed E-state index contributed by atoms with van der Waals surface area (Å²) in [6.45, 7) is 0. The first-order valence-corrected chi connectivity index (χ1v) is 9.96. The highest BCUT2D eigenvalue weighted by Crippen LogP contribution is 2.46. The summed E-state index contributed by atoms with van der Waals surface area (Å²) in [4.78, 5) is 0. The van der Waals surface area contributed by atoms with E-state index >= 15 is 0 Å². The number of rotatable bonds is 5. The van der Waals surface area contributed by atoms with Gasteiger partial charge >= 0.3 is 0 Å². The summed E-state index contributed by atoms with van der Waals surface area (Å²) in [5, 5.41) is 39.3. The summed E-state index contributed by atoms with van der Waals surface area (Å²) >= 11 is 0. The molecule has 4 heteroatoms. The fraction of sp³-hybridized carbons (Fsp3) is 0.154. The molecule has 4 nitrogen and oxygen atoms in total. The zero-order valence-electron chi connectivity index (χ0n) is 16.4. The van der Waals surface area contributed by atoms with Gasteiger partial charge in [0.1, 0.15) is 17.2 Å². The van der Waals surface area contributed by atoms with Crippen LogP contribution in [0.1, 0.15) is 41.4 Å². The van der Waals surface area contributed by atoms with E-state index in [9.17, 15) is 20.4 Å². The van der Waals surface area contributed by atoms with Gasteiger partial charge in [0.05, 0.1) is 5.76 Å². The molecule has 0 radical (unpaired) electrons. The minimum atomic E-state index is -0.0874. The van der Waals surface area contributed by atoms with E-state index in [2.05, 4.69) is 0 Å². The first-order valence-electron chi connectivity index (χ1n) is 9.96. The van der Waals surface area contributed by atoms with Gasteiger partial charge in [0.2, 0.25) is 0 Å². The number of allylic oxidation sites excluding steroid dienone is 4. The topological polar surface area (TPSA) is 80.9 Å². The first kappa shape index (κ1) is 19.6.